The summed E-state index contributed by atoms with van der Waals surface area (Å²) >= 11 is 13.2. The largest absolute Gasteiger partial charge is 0.493 e. The third kappa shape index (κ3) is 6.16. The molecule has 0 saturated carbocycles. The number of ether oxygens (including phenoxy) is 2. The van der Waals surface area contributed by atoms with Gasteiger partial charge in [-0.25, -0.2) is 4.99 Å². The number of nitrogens with one attached hydrogen (secondary N) is 1. The molecule has 3 aromatic carbocycles. The summed E-state index contributed by atoms with van der Waals surface area (Å²) in [6, 6.07) is 15.3. The minimum atomic E-state index is -4.54. The Hall–Kier alpha value is -3.14. The molecule has 0 aliphatic carbocycles. The van der Waals surface area contributed by atoms with Crippen LogP contribution in [0.25, 0.3) is 6.08 Å². The van der Waals surface area contributed by atoms with Gasteiger partial charge in [0, 0.05) is 10.6 Å². The summed E-state index contributed by atoms with van der Waals surface area (Å²) in [6.45, 7) is 0.243. The molecule has 0 radical (unpaired) electrons. The van der Waals surface area contributed by atoms with Crippen molar-refractivity contribution in [3.8, 4) is 11.5 Å². The van der Waals surface area contributed by atoms with Crippen LogP contribution in [0.1, 0.15) is 16.7 Å². The Morgan fingerprint density at radius 1 is 1.03 bits per heavy atom. The predicted molar refractivity (Wildman–Crippen MR) is 136 cm³/mol. The second-order valence-electron chi connectivity index (χ2n) is 7.44. The van der Waals surface area contributed by atoms with E-state index in [1.807, 2.05) is 18.2 Å². The zero-order chi connectivity index (χ0) is 25.9. The molecular weight excluding hydrogens is 536 g/mol. The molecule has 11 heteroatoms. The quantitative estimate of drug-likeness (QED) is 0.322. The minimum Gasteiger partial charge on any atom is -0.493 e. The molecule has 1 aliphatic heterocycles. The SMILES string of the molecule is COc1cc(C=C2SC(=Nc3cc(C(F)(F)F)ccc3Cl)NC2=O)ccc1OCc1ccccc1Cl. The van der Waals surface area contributed by atoms with Gasteiger partial charge in [-0.05, 0) is 59.8 Å². The van der Waals surface area contributed by atoms with E-state index in [1.54, 1.807) is 30.3 Å². The topological polar surface area (TPSA) is 59.9 Å². The van der Waals surface area contributed by atoms with Crippen LogP contribution >= 0.6 is 35.0 Å². The van der Waals surface area contributed by atoms with Gasteiger partial charge in [0.25, 0.3) is 5.91 Å². The monoisotopic (exact) mass is 552 g/mol. The molecule has 1 fully saturated rings. The van der Waals surface area contributed by atoms with Crippen LogP contribution in [0, 0.1) is 0 Å². The number of hydrogen-bond acceptors (Lipinski definition) is 5. The van der Waals surface area contributed by atoms with E-state index in [0.29, 0.717) is 27.0 Å². The smallest absolute Gasteiger partial charge is 0.416 e. The molecule has 1 heterocycles. The third-order valence-corrected chi connectivity index (χ3v) is 6.57. The number of nitrogens with zero attached hydrogens (tertiary/aromatic N) is 1. The molecule has 0 unspecified atom stereocenters. The van der Waals surface area contributed by atoms with Crippen LogP contribution in [0.5, 0.6) is 11.5 Å². The molecule has 1 amide bonds. The molecular formula is C25H17Cl2F3N2O3S. The summed E-state index contributed by atoms with van der Waals surface area (Å²) in [5.74, 6) is 0.494. The van der Waals surface area contributed by atoms with E-state index in [1.165, 1.54) is 7.11 Å². The van der Waals surface area contributed by atoms with E-state index in [-0.39, 0.29) is 22.5 Å². The number of carbonyl (C=O) groups is 1. The molecule has 1 aliphatic rings. The Balaban J connectivity index is 1.52. The maximum absolute atomic E-state index is 13.0. The lowest BCUT2D eigenvalue weighted by Crippen LogP contribution is -2.19. The first-order chi connectivity index (χ1) is 17.1. The number of benzene rings is 3. The first kappa shape index (κ1) is 25.9. The first-order valence-corrected chi connectivity index (χ1v) is 11.9. The van der Waals surface area contributed by atoms with Crippen LogP contribution in [0.3, 0.4) is 0 Å². The van der Waals surface area contributed by atoms with Gasteiger partial charge >= 0.3 is 6.18 Å². The summed E-state index contributed by atoms with van der Waals surface area (Å²) in [5.41, 5.74) is 0.476. The number of amidine groups is 1. The second-order valence-corrected chi connectivity index (χ2v) is 9.28. The Morgan fingerprint density at radius 3 is 2.53 bits per heavy atom. The molecule has 0 aromatic heterocycles. The maximum Gasteiger partial charge on any atom is 0.416 e. The Labute approximate surface area is 218 Å². The molecule has 0 spiro atoms. The highest BCUT2D eigenvalue weighted by atomic mass is 35.5. The molecule has 4 rings (SSSR count). The zero-order valence-electron chi connectivity index (χ0n) is 18.5. The van der Waals surface area contributed by atoms with Crippen LogP contribution < -0.4 is 14.8 Å². The third-order valence-electron chi connectivity index (χ3n) is 4.97. The average molecular weight is 553 g/mol. The normalized spacial score (nSPS) is 15.9. The van der Waals surface area contributed by atoms with E-state index >= 15 is 0 Å². The van der Waals surface area contributed by atoms with Gasteiger partial charge in [0.2, 0.25) is 0 Å². The number of rotatable bonds is 6. The number of thioether (sulfide) groups is 1. The van der Waals surface area contributed by atoms with Gasteiger partial charge in [-0.1, -0.05) is 47.5 Å². The maximum atomic E-state index is 13.0. The number of aliphatic imine (C=N–C) groups is 1. The van der Waals surface area contributed by atoms with E-state index < -0.39 is 17.6 Å². The van der Waals surface area contributed by atoms with Gasteiger partial charge in [-0.2, -0.15) is 13.2 Å². The van der Waals surface area contributed by atoms with Crippen molar-refractivity contribution in [1.82, 2.24) is 5.32 Å². The van der Waals surface area contributed by atoms with Crippen molar-refractivity contribution in [2.45, 2.75) is 12.8 Å². The first-order valence-electron chi connectivity index (χ1n) is 10.3. The van der Waals surface area contributed by atoms with Crippen LogP contribution in [0.15, 0.2) is 70.6 Å². The Bertz CT molecular complexity index is 1380. The molecule has 0 atom stereocenters. The molecule has 3 aromatic rings. The van der Waals surface area contributed by atoms with Gasteiger partial charge in [0.1, 0.15) is 6.61 Å². The van der Waals surface area contributed by atoms with E-state index in [4.69, 9.17) is 32.7 Å². The summed E-state index contributed by atoms with van der Waals surface area (Å²) in [7, 11) is 1.50. The van der Waals surface area contributed by atoms with Gasteiger partial charge in [-0.15, -0.1) is 0 Å². The van der Waals surface area contributed by atoms with Crippen molar-refractivity contribution >= 4 is 57.8 Å². The van der Waals surface area contributed by atoms with E-state index in [9.17, 15) is 18.0 Å². The van der Waals surface area contributed by atoms with Crippen molar-refractivity contribution in [3.63, 3.8) is 0 Å². The van der Waals surface area contributed by atoms with Gasteiger partial charge in [0.05, 0.1) is 28.3 Å². The lowest BCUT2D eigenvalue weighted by atomic mass is 10.2. The van der Waals surface area contributed by atoms with E-state index in [2.05, 4.69) is 10.3 Å². The van der Waals surface area contributed by atoms with Crippen molar-refractivity contribution in [1.29, 1.82) is 0 Å². The Kier molecular flexibility index (Phi) is 7.82. The minimum absolute atomic E-state index is 0.0277. The summed E-state index contributed by atoms with van der Waals surface area (Å²) < 4.78 is 50.3. The molecule has 0 bridgehead atoms. The van der Waals surface area contributed by atoms with Crippen LogP contribution in [-0.2, 0) is 17.6 Å². The van der Waals surface area contributed by atoms with Gasteiger partial charge in [0.15, 0.2) is 16.7 Å². The predicted octanol–water partition coefficient (Wildman–Crippen LogP) is 7.49. The number of alkyl halides is 3. The van der Waals surface area contributed by atoms with Crippen LogP contribution in [-0.4, -0.2) is 18.2 Å². The molecule has 5 nitrogen and oxygen atoms in total. The summed E-state index contributed by atoms with van der Waals surface area (Å²) in [4.78, 5) is 16.8. The second kappa shape index (κ2) is 10.9. The van der Waals surface area contributed by atoms with Crippen molar-refractivity contribution in [2.75, 3.05) is 7.11 Å². The van der Waals surface area contributed by atoms with Crippen molar-refractivity contribution < 1.29 is 27.4 Å². The highest BCUT2D eigenvalue weighted by molar-refractivity contribution is 8.18. The molecule has 186 valence electrons. The fourth-order valence-electron chi connectivity index (χ4n) is 3.18. The fourth-order valence-corrected chi connectivity index (χ4v) is 4.36. The average Bonchev–Trinajstić information content (AvgIpc) is 3.18. The summed E-state index contributed by atoms with van der Waals surface area (Å²) in [6.07, 6.45) is -2.93. The number of carbonyl (C=O) groups excluding carboxylic acids is 1. The number of halogens is 5. The van der Waals surface area contributed by atoms with E-state index in [0.717, 1.165) is 35.5 Å². The number of methoxy groups -OCH3 is 1. The summed E-state index contributed by atoms with van der Waals surface area (Å²) in [5, 5.41) is 3.27. The fraction of sp³-hybridized carbons (Fsp3) is 0.120. The molecule has 1 saturated heterocycles. The van der Waals surface area contributed by atoms with Crippen LogP contribution in [0.4, 0.5) is 18.9 Å². The van der Waals surface area contributed by atoms with Crippen molar-refractivity contribution in [2.24, 2.45) is 4.99 Å². The number of amides is 1. The highest BCUT2D eigenvalue weighted by Gasteiger charge is 2.31. The van der Waals surface area contributed by atoms with Crippen LogP contribution in [0.2, 0.25) is 10.0 Å². The molecule has 1 N–H and O–H groups in total. The van der Waals surface area contributed by atoms with Crippen molar-refractivity contribution in [3.05, 3.63) is 92.3 Å². The van der Waals surface area contributed by atoms with Gasteiger partial charge in [-0.3, -0.25) is 4.79 Å². The zero-order valence-corrected chi connectivity index (χ0v) is 20.9. The highest BCUT2D eigenvalue weighted by Crippen LogP contribution is 2.37. The number of hydrogen-bond donors (Lipinski definition) is 1. The lowest BCUT2D eigenvalue weighted by Gasteiger charge is -2.12. The Morgan fingerprint density at radius 2 is 1.81 bits per heavy atom. The van der Waals surface area contributed by atoms with Gasteiger partial charge < -0.3 is 14.8 Å². The lowest BCUT2D eigenvalue weighted by molar-refractivity contribution is -0.137. The molecule has 36 heavy (non-hydrogen) atoms. The standard InChI is InChI=1S/C25H17Cl2F3N2O3S/c1-34-21-10-14(6-9-20(21)35-13-15-4-2-3-5-17(15)26)11-22-23(33)32-24(36-22)31-19-12-16(25(28,29)30)7-8-18(19)27/h2-12H,13H2,1H3,(H,31,32,33).